The standard InChI is InChI=1S/C13H16N2O3/c1-9-13(18)15(6-5-12(17)14-9)8-10-3-2-4-11(16)7-10/h2-4,7,9,16H,5-6,8H2,1H3,(H,14,17). The van der Waals surface area contributed by atoms with Crippen LogP contribution in [-0.4, -0.2) is 34.4 Å². The van der Waals surface area contributed by atoms with Gasteiger partial charge in [-0.15, -0.1) is 0 Å². The van der Waals surface area contributed by atoms with Crippen LogP contribution in [0.3, 0.4) is 0 Å². The van der Waals surface area contributed by atoms with E-state index in [2.05, 4.69) is 5.32 Å². The molecule has 2 rings (SSSR count). The van der Waals surface area contributed by atoms with Gasteiger partial charge in [-0.3, -0.25) is 9.59 Å². The lowest BCUT2D eigenvalue weighted by Crippen LogP contribution is -2.42. The molecule has 0 saturated carbocycles. The molecule has 0 radical (unpaired) electrons. The van der Waals surface area contributed by atoms with Gasteiger partial charge in [0.25, 0.3) is 0 Å². The number of phenols is 1. The Balaban J connectivity index is 2.12. The van der Waals surface area contributed by atoms with Crippen LogP contribution in [0.1, 0.15) is 18.9 Å². The minimum Gasteiger partial charge on any atom is -0.508 e. The molecular formula is C13H16N2O3. The first-order valence-electron chi connectivity index (χ1n) is 5.92. The summed E-state index contributed by atoms with van der Waals surface area (Å²) in [6.45, 7) is 2.50. The van der Waals surface area contributed by atoms with E-state index < -0.39 is 6.04 Å². The van der Waals surface area contributed by atoms with Gasteiger partial charge in [0.2, 0.25) is 11.8 Å². The Morgan fingerprint density at radius 3 is 2.94 bits per heavy atom. The fourth-order valence-corrected chi connectivity index (χ4v) is 2.03. The zero-order valence-corrected chi connectivity index (χ0v) is 10.2. The molecule has 5 heteroatoms. The van der Waals surface area contributed by atoms with E-state index in [0.29, 0.717) is 19.5 Å². The van der Waals surface area contributed by atoms with E-state index in [1.807, 2.05) is 6.07 Å². The summed E-state index contributed by atoms with van der Waals surface area (Å²) in [5.41, 5.74) is 0.852. The van der Waals surface area contributed by atoms with Crippen molar-refractivity contribution in [2.75, 3.05) is 6.54 Å². The Morgan fingerprint density at radius 1 is 1.44 bits per heavy atom. The fraction of sp³-hybridized carbons (Fsp3) is 0.385. The van der Waals surface area contributed by atoms with Crippen LogP contribution in [0.25, 0.3) is 0 Å². The van der Waals surface area contributed by atoms with Crippen LogP contribution in [-0.2, 0) is 16.1 Å². The van der Waals surface area contributed by atoms with Crippen LogP contribution >= 0.6 is 0 Å². The van der Waals surface area contributed by atoms with Crippen molar-refractivity contribution < 1.29 is 14.7 Å². The molecular weight excluding hydrogens is 232 g/mol. The number of rotatable bonds is 2. The van der Waals surface area contributed by atoms with E-state index in [9.17, 15) is 14.7 Å². The summed E-state index contributed by atoms with van der Waals surface area (Å²) < 4.78 is 0. The maximum Gasteiger partial charge on any atom is 0.245 e. The highest BCUT2D eigenvalue weighted by molar-refractivity contribution is 5.89. The lowest BCUT2D eigenvalue weighted by Gasteiger charge is -2.22. The third kappa shape index (κ3) is 2.80. The third-order valence-electron chi connectivity index (χ3n) is 2.95. The average Bonchev–Trinajstić information content (AvgIpc) is 2.43. The van der Waals surface area contributed by atoms with Crippen LogP contribution in [0.15, 0.2) is 24.3 Å². The molecule has 1 aromatic rings. The van der Waals surface area contributed by atoms with Crippen molar-refractivity contribution in [3.05, 3.63) is 29.8 Å². The molecule has 1 fully saturated rings. The Hall–Kier alpha value is -2.04. The van der Waals surface area contributed by atoms with Gasteiger partial charge in [-0.25, -0.2) is 0 Å². The minimum absolute atomic E-state index is 0.0933. The summed E-state index contributed by atoms with van der Waals surface area (Å²) in [5.74, 6) is -0.0181. The van der Waals surface area contributed by atoms with Crippen molar-refractivity contribution in [3.63, 3.8) is 0 Å². The monoisotopic (exact) mass is 248 g/mol. The third-order valence-corrected chi connectivity index (χ3v) is 2.95. The number of carbonyl (C=O) groups excluding carboxylic acids is 2. The van der Waals surface area contributed by atoms with Crippen LogP contribution in [0.2, 0.25) is 0 Å². The van der Waals surface area contributed by atoms with Gasteiger partial charge in [-0.1, -0.05) is 12.1 Å². The normalized spacial score (nSPS) is 20.5. The first-order valence-corrected chi connectivity index (χ1v) is 5.92. The summed E-state index contributed by atoms with van der Waals surface area (Å²) >= 11 is 0. The predicted molar refractivity (Wildman–Crippen MR) is 65.7 cm³/mol. The van der Waals surface area contributed by atoms with E-state index in [1.54, 1.807) is 30.0 Å². The molecule has 0 bridgehead atoms. The summed E-state index contributed by atoms with van der Waals surface area (Å²) in [6.07, 6.45) is 0.314. The Labute approximate surface area is 105 Å². The van der Waals surface area contributed by atoms with Gasteiger partial charge in [0.15, 0.2) is 0 Å². The average molecular weight is 248 g/mol. The first-order chi connectivity index (χ1) is 8.56. The second-order valence-electron chi connectivity index (χ2n) is 4.47. The maximum atomic E-state index is 12.0. The van der Waals surface area contributed by atoms with E-state index in [1.165, 1.54) is 0 Å². The molecule has 5 nitrogen and oxygen atoms in total. The van der Waals surface area contributed by atoms with Crippen molar-refractivity contribution in [3.8, 4) is 5.75 Å². The van der Waals surface area contributed by atoms with Crippen molar-refractivity contribution >= 4 is 11.8 Å². The smallest absolute Gasteiger partial charge is 0.245 e. The van der Waals surface area contributed by atoms with Gasteiger partial charge in [0.05, 0.1) is 0 Å². The largest absolute Gasteiger partial charge is 0.508 e. The van der Waals surface area contributed by atoms with Crippen molar-refractivity contribution in [1.29, 1.82) is 0 Å². The number of benzene rings is 1. The maximum absolute atomic E-state index is 12.0. The fourth-order valence-electron chi connectivity index (χ4n) is 2.03. The lowest BCUT2D eigenvalue weighted by molar-refractivity contribution is -0.133. The molecule has 1 aromatic carbocycles. The van der Waals surface area contributed by atoms with Crippen LogP contribution in [0.4, 0.5) is 0 Å². The summed E-state index contributed by atoms with van der Waals surface area (Å²) in [4.78, 5) is 25.0. The Kier molecular flexibility index (Phi) is 3.50. The molecule has 2 N–H and O–H groups in total. The number of hydrogen-bond acceptors (Lipinski definition) is 3. The molecule has 1 aliphatic rings. The molecule has 1 unspecified atom stereocenters. The van der Waals surface area contributed by atoms with E-state index in [-0.39, 0.29) is 17.6 Å². The van der Waals surface area contributed by atoms with Crippen LogP contribution in [0, 0.1) is 0 Å². The topological polar surface area (TPSA) is 69.6 Å². The number of hydrogen-bond donors (Lipinski definition) is 2. The minimum atomic E-state index is -0.489. The number of aromatic hydroxyl groups is 1. The van der Waals surface area contributed by atoms with Crippen molar-refractivity contribution in [2.45, 2.75) is 25.9 Å². The molecule has 0 aromatic heterocycles. The van der Waals surface area contributed by atoms with Crippen LogP contribution in [0.5, 0.6) is 5.75 Å². The quantitative estimate of drug-likeness (QED) is 0.806. The molecule has 18 heavy (non-hydrogen) atoms. The lowest BCUT2D eigenvalue weighted by atomic mass is 10.2. The molecule has 96 valence electrons. The van der Waals surface area contributed by atoms with Gasteiger partial charge in [-0.2, -0.15) is 0 Å². The van der Waals surface area contributed by atoms with E-state index in [4.69, 9.17) is 0 Å². The highest BCUT2D eigenvalue weighted by atomic mass is 16.3. The van der Waals surface area contributed by atoms with Crippen LogP contribution < -0.4 is 5.32 Å². The number of phenolic OH excluding ortho intramolecular Hbond substituents is 1. The molecule has 1 atom stereocenters. The molecule has 1 aliphatic heterocycles. The summed E-state index contributed by atoms with van der Waals surface area (Å²) in [5, 5.41) is 12.0. The second-order valence-corrected chi connectivity index (χ2v) is 4.47. The number of carbonyl (C=O) groups is 2. The van der Waals surface area contributed by atoms with Gasteiger partial charge in [0.1, 0.15) is 11.8 Å². The molecule has 2 amide bonds. The number of nitrogens with zero attached hydrogens (tertiary/aromatic N) is 1. The molecule has 0 spiro atoms. The predicted octanol–water partition coefficient (Wildman–Crippen LogP) is 0.629. The van der Waals surface area contributed by atoms with Crippen molar-refractivity contribution in [2.24, 2.45) is 0 Å². The SMILES string of the molecule is CC1NC(=O)CCN(Cc2cccc(O)c2)C1=O. The highest BCUT2D eigenvalue weighted by Crippen LogP contribution is 2.14. The van der Waals surface area contributed by atoms with Gasteiger partial charge in [-0.05, 0) is 24.6 Å². The Morgan fingerprint density at radius 2 is 2.22 bits per heavy atom. The van der Waals surface area contributed by atoms with Gasteiger partial charge >= 0.3 is 0 Å². The number of nitrogens with one attached hydrogen (secondary N) is 1. The second kappa shape index (κ2) is 5.08. The molecule has 1 saturated heterocycles. The molecule has 1 heterocycles. The highest BCUT2D eigenvalue weighted by Gasteiger charge is 2.26. The van der Waals surface area contributed by atoms with Gasteiger partial charge in [0, 0.05) is 19.5 Å². The van der Waals surface area contributed by atoms with Crippen molar-refractivity contribution in [1.82, 2.24) is 10.2 Å². The first kappa shape index (κ1) is 12.4. The zero-order chi connectivity index (χ0) is 13.1. The van der Waals surface area contributed by atoms with E-state index >= 15 is 0 Å². The zero-order valence-electron chi connectivity index (χ0n) is 10.2. The van der Waals surface area contributed by atoms with E-state index in [0.717, 1.165) is 5.56 Å². The summed E-state index contributed by atoms with van der Waals surface area (Å²) in [7, 11) is 0. The van der Waals surface area contributed by atoms with Gasteiger partial charge < -0.3 is 15.3 Å². The number of amides is 2. The summed E-state index contributed by atoms with van der Waals surface area (Å²) in [6, 6.07) is 6.30. The Bertz CT molecular complexity index is 473. The molecule has 0 aliphatic carbocycles.